The molecule has 0 bridgehead atoms. The van der Waals surface area contributed by atoms with Crippen molar-refractivity contribution in [2.24, 2.45) is 0 Å². The summed E-state index contributed by atoms with van der Waals surface area (Å²) in [5.74, 6) is 0.761. The van der Waals surface area contributed by atoms with Crippen LogP contribution in [0.15, 0.2) is 60.9 Å². The lowest BCUT2D eigenvalue weighted by atomic mass is 10.1. The first-order valence-corrected chi connectivity index (χ1v) is 9.12. The van der Waals surface area contributed by atoms with Gasteiger partial charge in [0.1, 0.15) is 12.0 Å². The minimum absolute atomic E-state index is 0.184. The minimum atomic E-state index is -0.184. The van der Waals surface area contributed by atoms with Crippen LogP contribution in [0.1, 0.15) is 18.1 Å². The van der Waals surface area contributed by atoms with E-state index >= 15 is 0 Å². The number of nitrogens with one attached hydrogen (secondary N) is 2. The predicted octanol–water partition coefficient (Wildman–Crippen LogP) is 3.21. The van der Waals surface area contributed by atoms with E-state index in [4.69, 9.17) is 5.73 Å². The Balaban J connectivity index is 1.74. The predicted molar refractivity (Wildman–Crippen MR) is 112 cm³/mol. The van der Waals surface area contributed by atoms with E-state index in [-0.39, 0.29) is 12.3 Å². The average molecular weight is 376 g/mol. The van der Waals surface area contributed by atoms with E-state index in [9.17, 15) is 4.79 Å². The number of anilines is 4. The van der Waals surface area contributed by atoms with Gasteiger partial charge in [-0.2, -0.15) is 0 Å². The Morgan fingerprint density at radius 1 is 1.11 bits per heavy atom. The topological polar surface area (TPSA) is 96.2 Å². The zero-order valence-corrected chi connectivity index (χ0v) is 16.0. The number of hydrogen-bond donors (Lipinski definition) is 3. The quantitative estimate of drug-likeness (QED) is 0.548. The Morgan fingerprint density at radius 3 is 2.61 bits per heavy atom. The fraction of sp³-hybridized carbons (Fsp3) is 0.190. The van der Waals surface area contributed by atoms with E-state index < -0.39 is 0 Å². The van der Waals surface area contributed by atoms with Gasteiger partial charge in [-0.15, -0.1) is 0 Å². The highest BCUT2D eigenvalue weighted by molar-refractivity contribution is 5.83. The number of carbonyl (C=O) groups excluding carboxylic acids is 1. The van der Waals surface area contributed by atoms with Crippen molar-refractivity contribution in [3.63, 3.8) is 0 Å². The zero-order valence-electron chi connectivity index (χ0n) is 16.0. The first-order valence-electron chi connectivity index (χ1n) is 9.12. The van der Waals surface area contributed by atoms with Gasteiger partial charge in [0.2, 0.25) is 5.91 Å². The van der Waals surface area contributed by atoms with Gasteiger partial charge in [0, 0.05) is 12.2 Å². The third kappa shape index (κ3) is 4.56. The van der Waals surface area contributed by atoms with Crippen LogP contribution in [0, 0.1) is 6.92 Å². The minimum Gasteiger partial charge on any atom is -0.393 e. The molecule has 0 saturated heterocycles. The van der Waals surface area contributed by atoms with Crippen LogP contribution in [0.4, 0.5) is 23.0 Å². The summed E-state index contributed by atoms with van der Waals surface area (Å²) in [6.45, 7) is 4.75. The lowest BCUT2D eigenvalue weighted by molar-refractivity contribution is -0.119. The average Bonchev–Trinajstić information content (AvgIpc) is 2.70. The molecule has 0 aliphatic heterocycles. The molecule has 0 spiro atoms. The van der Waals surface area contributed by atoms with Crippen molar-refractivity contribution in [3.8, 4) is 0 Å². The lowest BCUT2D eigenvalue weighted by Gasteiger charge is -2.24. The molecule has 0 unspecified atom stereocenters. The number of benzene rings is 2. The second-order valence-electron chi connectivity index (χ2n) is 6.38. The molecule has 1 heterocycles. The van der Waals surface area contributed by atoms with Crippen LogP contribution in [0.3, 0.4) is 0 Å². The van der Waals surface area contributed by atoms with E-state index in [1.54, 1.807) is 0 Å². The number of carbonyl (C=O) groups is 1. The van der Waals surface area contributed by atoms with Crippen molar-refractivity contribution in [1.82, 2.24) is 15.4 Å². The fourth-order valence-electron chi connectivity index (χ4n) is 2.91. The van der Waals surface area contributed by atoms with Gasteiger partial charge in [-0.3, -0.25) is 15.6 Å². The van der Waals surface area contributed by atoms with Crippen molar-refractivity contribution in [3.05, 3.63) is 72.1 Å². The standard InChI is InChI=1S/C21H24N6O/c1-3-27(17-11-7-8-15(2)12-17)21-19(22)20(23-14-24-21)26-25-18(28)13-16-9-5-4-6-10-16/h4-12,14H,3,13,22H2,1-2H3,(H,25,28)(H,23,24,26). The zero-order chi connectivity index (χ0) is 19.9. The van der Waals surface area contributed by atoms with Gasteiger partial charge in [-0.1, -0.05) is 42.5 Å². The van der Waals surface area contributed by atoms with Gasteiger partial charge < -0.3 is 10.6 Å². The van der Waals surface area contributed by atoms with Crippen LogP contribution < -0.4 is 21.5 Å². The molecule has 144 valence electrons. The molecule has 1 amide bonds. The van der Waals surface area contributed by atoms with Gasteiger partial charge in [-0.05, 0) is 37.1 Å². The molecule has 0 aliphatic carbocycles. The van der Waals surface area contributed by atoms with E-state index in [2.05, 4.69) is 26.9 Å². The molecule has 1 aromatic heterocycles. The maximum atomic E-state index is 12.2. The van der Waals surface area contributed by atoms with Crippen LogP contribution in [0.25, 0.3) is 0 Å². The number of amides is 1. The van der Waals surface area contributed by atoms with Crippen LogP contribution in [0.5, 0.6) is 0 Å². The first kappa shape index (κ1) is 19.2. The molecule has 0 saturated carbocycles. The van der Waals surface area contributed by atoms with Gasteiger partial charge in [0.15, 0.2) is 11.6 Å². The molecule has 0 fully saturated rings. The van der Waals surface area contributed by atoms with E-state index in [0.717, 1.165) is 16.8 Å². The number of nitrogen functional groups attached to an aromatic ring is 1. The molecular formula is C21H24N6O. The molecule has 2 aromatic carbocycles. The van der Waals surface area contributed by atoms with Crippen molar-refractivity contribution < 1.29 is 4.79 Å². The Bertz CT molecular complexity index is 945. The monoisotopic (exact) mass is 376 g/mol. The highest BCUT2D eigenvalue weighted by Gasteiger charge is 2.16. The Hall–Kier alpha value is -3.61. The molecule has 4 N–H and O–H groups in total. The number of nitrogens with two attached hydrogens (primary N) is 1. The summed E-state index contributed by atoms with van der Waals surface area (Å²) in [6.07, 6.45) is 1.69. The third-order valence-electron chi connectivity index (χ3n) is 4.28. The maximum Gasteiger partial charge on any atom is 0.242 e. The number of hydrogen-bond acceptors (Lipinski definition) is 6. The Morgan fingerprint density at radius 2 is 1.89 bits per heavy atom. The number of nitrogens with zero attached hydrogens (tertiary/aromatic N) is 3. The van der Waals surface area contributed by atoms with Gasteiger partial charge in [0.05, 0.1) is 6.42 Å². The first-order chi connectivity index (χ1) is 13.6. The van der Waals surface area contributed by atoms with Crippen molar-refractivity contribution in [1.29, 1.82) is 0 Å². The van der Waals surface area contributed by atoms with Crippen LogP contribution in [-0.2, 0) is 11.2 Å². The van der Waals surface area contributed by atoms with E-state index in [0.29, 0.717) is 23.9 Å². The highest BCUT2D eigenvalue weighted by atomic mass is 16.2. The molecule has 0 atom stereocenters. The Labute approximate surface area is 164 Å². The molecule has 28 heavy (non-hydrogen) atoms. The summed E-state index contributed by atoms with van der Waals surface area (Å²) in [6, 6.07) is 17.6. The summed E-state index contributed by atoms with van der Waals surface area (Å²) in [7, 11) is 0. The molecule has 7 nitrogen and oxygen atoms in total. The largest absolute Gasteiger partial charge is 0.393 e. The molecule has 7 heteroatoms. The third-order valence-corrected chi connectivity index (χ3v) is 4.28. The number of aryl methyl sites for hydroxylation is 1. The fourth-order valence-corrected chi connectivity index (χ4v) is 2.91. The second-order valence-corrected chi connectivity index (χ2v) is 6.38. The van der Waals surface area contributed by atoms with E-state index in [1.165, 1.54) is 6.33 Å². The normalized spacial score (nSPS) is 10.4. The number of aromatic nitrogens is 2. The highest BCUT2D eigenvalue weighted by Crippen LogP contribution is 2.31. The molecule has 3 rings (SSSR count). The Kier molecular flexibility index (Phi) is 6.06. The summed E-state index contributed by atoms with van der Waals surface area (Å²) in [5.41, 5.74) is 15.2. The van der Waals surface area contributed by atoms with Crippen molar-refractivity contribution in [2.75, 3.05) is 22.6 Å². The second kappa shape index (κ2) is 8.85. The lowest BCUT2D eigenvalue weighted by Crippen LogP contribution is -2.32. The molecule has 0 aliphatic rings. The van der Waals surface area contributed by atoms with Gasteiger partial charge in [0.25, 0.3) is 0 Å². The molecule has 3 aromatic rings. The summed E-state index contributed by atoms with van der Waals surface area (Å²) in [4.78, 5) is 22.7. The van der Waals surface area contributed by atoms with Crippen LogP contribution in [0.2, 0.25) is 0 Å². The molecule has 0 radical (unpaired) electrons. The van der Waals surface area contributed by atoms with Gasteiger partial charge >= 0.3 is 0 Å². The summed E-state index contributed by atoms with van der Waals surface area (Å²) in [5, 5.41) is 0. The number of hydrazine groups is 1. The van der Waals surface area contributed by atoms with Gasteiger partial charge in [-0.25, -0.2) is 9.97 Å². The summed E-state index contributed by atoms with van der Waals surface area (Å²) >= 11 is 0. The smallest absolute Gasteiger partial charge is 0.242 e. The van der Waals surface area contributed by atoms with Crippen LogP contribution in [-0.4, -0.2) is 22.4 Å². The SMILES string of the molecule is CCN(c1cccc(C)c1)c1ncnc(NNC(=O)Cc2ccccc2)c1N. The van der Waals surface area contributed by atoms with Crippen molar-refractivity contribution >= 4 is 28.9 Å². The molecular weight excluding hydrogens is 352 g/mol. The van der Waals surface area contributed by atoms with Crippen molar-refractivity contribution in [2.45, 2.75) is 20.3 Å². The number of rotatable bonds is 7. The maximum absolute atomic E-state index is 12.2. The summed E-state index contributed by atoms with van der Waals surface area (Å²) < 4.78 is 0. The van der Waals surface area contributed by atoms with Crippen LogP contribution >= 0.6 is 0 Å². The van der Waals surface area contributed by atoms with E-state index in [1.807, 2.05) is 67.3 Å².